The lowest BCUT2D eigenvalue weighted by molar-refractivity contribution is 0.122. The molecule has 21 heavy (non-hydrogen) atoms. The fourth-order valence-corrected chi connectivity index (χ4v) is 3.46. The maximum atomic E-state index is 5.41. The summed E-state index contributed by atoms with van der Waals surface area (Å²) in [6, 6.07) is 2.19. The van der Waals surface area contributed by atoms with Crippen molar-refractivity contribution in [1.82, 2.24) is 15.3 Å². The zero-order chi connectivity index (χ0) is 14.1. The Hall–Kier alpha value is -1.59. The SMILES string of the molecule is c1[nH]c2cc(N3CCOCC3)ncc2c1C1CCNCC1. The van der Waals surface area contributed by atoms with E-state index in [0.717, 1.165) is 45.2 Å². The Balaban J connectivity index is 1.63. The largest absolute Gasteiger partial charge is 0.378 e. The van der Waals surface area contributed by atoms with Crippen molar-refractivity contribution in [3.05, 3.63) is 24.0 Å². The second-order valence-electron chi connectivity index (χ2n) is 5.96. The minimum atomic E-state index is 0.663. The van der Waals surface area contributed by atoms with Gasteiger partial charge >= 0.3 is 0 Å². The van der Waals surface area contributed by atoms with Crippen LogP contribution in [0, 0.1) is 0 Å². The first kappa shape index (κ1) is 13.1. The standard InChI is InChI=1S/C16H22N4O/c1-3-17-4-2-12(1)13-10-18-15-9-16(19-11-14(13)15)20-5-7-21-8-6-20/h9-12,17-18H,1-8H2. The van der Waals surface area contributed by atoms with E-state index in [1.807, 2.05) is 6.20 Å². The molecule has 5 heteroatoms. The van der Waals surface area contributed by atoms with Gasteiger partial charge in [0.05, 0.1) is 18.7 Å². The number of rotatable bonds is 2. The van der Waals surface area contributed by atoms with E-state index < -0.39 is 0 Å². The van der Waals surface area contributed by atoms with Gasteiger partial charge in [0, 0.05) is 36.9 Å². The topological polar surface area (TPSA) is 53.2 Å². The number of piperidine rings is 1. The zero-order valence-electron chi connectivity index (χ0n) is 12.3. The maximum absolute atomic E-state index is 5.41. The number of nitrogens with one attached hydrogen (secondary N) is 2. The van der Waals surface area contributed by atoms with Gasteiger partial charge in [-0.05, 0) is 37.4 Å². The van der Waals surface area contributed by atoms with Gasteiger partial charge in [-0.2, -0.15) is 0 Å². The number of hydrogen-bond donors (Lipinski definition) is 2. The number of fused-ring (bicyclic) bond motifs is 1. The van der Waals surface area contributed by atoms with Gasteiger partial charge in [0.25, 0.3) is 0 Å². The summed E-state index contributed by atoms with van der Waals surface area (Å²) in [7, 11) is 0. The highest BCUT2D eigenvalue weighted by atomic mass is 16.5. The lowest BCUT2D eigenvalue weighted by Crippen LogP contribution is -2.36. The molecule has 0 atom stereocenters. The van der Waals surface area contributed by atoms with Gasteiger partial charge in [-0.25, -0.2) is 4.98 Å². The average Bonchev–Trinajstić information content (AvgIpc) is 2.99. The number of nitrogens with zero attached hydrogens (tertiary/aromatic N) is 2. The second-order valence-corrected chi connectivity index (χ2v) is 5.96. The smallest absolute Gasteiger partial charge is 0.130 e. The lowest BCUT2D eigenvalue weighted by Gasteiger charge is -2.27. The van der Waals surface area contributed by atoms with E-state index in [-0.39, 0.29) is 0 Å². The molecular formula is C16H22N4O. The van der Waals surface area contributed by atoms with Crippen LogP contribution in [-0.4, -0.2) is 49.4 Å². The third kappa shape index (κ3) is 2.51. The summed E-state index contributed by atoms with van der Waals surface area (Å²) in [6.45, 7) is 5.70. The highest BCUT2D eigenvalue weighted by Gasteiger charge is 2.20. The van der Waals surface area contributed by atoms with Crippen LogP contribution in [0.4, 0.5) is 5.82 Å². The fraction of sp³-hybridized carbons (Fsp3) is 0.562. The van der Waals surface area contributed by atoms with Gasteiger partial charge in [0.1, 0.15) is 5.82 Å². The van der Waals surface area contributed by atoms with Crippen LogP contribution in [0.3, 0.4) is 0 Å². The van der Waals surface area contributed by atoms with Crippen LogP contribution in [0.1, 0.15) is 24.3 Å². The molecule has 0 aliphatic carbocycles. The van der Waals surface area contributed by atoms with E-state index >= 15 is 0 Å². The average molecular weight is 286 g/mol. The predicted octanol–water partition coefficient (Wildman–Crippen LogP) is 1.87. The molecule has 0 bridgehead atoms. The minimum Gasteiger partial charge on any atom is -0.378 e. The number of hydrogen-bond acceptors (Lipinski definition) is 4. The molecule has 112 valence electrons. The Labute approximate surface area is 124 Å². The first-order chi connectivity index (χ1) is 10.4. The number of H-pyrrole nitrogens is 1. The van der Waals surface area contributed by atoms with Crippen LogP contribution in [0.5, 0.6) is 0 Å². The van der Waals surface area contributed by atoms with Crippen molar-refractivity contribution in [2.45, 2.75) is 18.8 Å². The van der Waals surface area contributed by atoms with Crippen molar-refractivity contribution in [2.75, 3.05) is 44.3 Å². The molecule has 2 N–H and O–H groups in total. The molecule has 2 fully saturated rings. The summed E-state index contributed by atoms with van der Waals surface area (Å²) < 4.78 is 5.41. The number of anilines is 1. The number of aromatic amines is 1. The Morgan fingerprint density at radius 2 is 2.00 bits per heavy atom. The Morgan fingerprint density at radius 1 is 1.19 bits per heavy atom. The third-order valence-corrected chi connectivity index (χ3v) is 4.70. The molecule has 0 saturated carbocycles. The Bertz CT molecular complexity index is 612. The van der Waals surface area contributed by atoms with Crippen LogP contribution in [0.2, 0.25) is 0 Å². The molecule has 2 aromatic heterocycles. The predicted molar refractivity (Wildman–Crippen MR) is 84.0 cm³/mol. The minimum absolute atomic E-state index is 0.663. The molecular weight excluding hydrogens is 264 g/mol. The van der Waals surface area contributed by atoms with Gasteiger partial charge in [-0.3, -0.25) is 0 Å². The second kappa shape index (κ2) is 5.66. The fourth-order valence-electron chi connectivity index (χ4n) is 3.46. The third-order valence-electron chi connectivity index (χ3n) is 4.70. The van der Waals surface area contributed by atoms with E-state index in [1.165, 1.54) is 29.3 Å². The molecule has 0 radical (unpaired) electrons. The van der Waals surface area contributed by atoms with E-state index in [2.05, 4.69) is 27.5 Å². The monoisotopic (exact) mass is 286 g/mol. The first-order valence-corrected chi connectivity index (χ1v) is 7.92. The molecule has 4 rings (SSSR count). The quantitative estimate of drug-likeness (QED) is 0.885. The van der Waals surface area contributed by atoms with Crippen molar-refractivity contribution in [3.8, 4) is 0 Å². The lowest BCUT2D eigenvalue weighted by atomic mass is 9.90. The van der Waals surface area contributed by atoms with Gasteiger partial charge < -0.3 is 19.9 Å². The molecule has 2 saturated heterocycles. The van der Waals surface area contributed by atoms with Gasteiger partial charge in [-0.15, -0.1) is 0 Å². The molecule has 4 heterocycles. The van der Waals surface area contributed by atoms with Crippen LogP contribution in [-0.2, 0) is 4.74 Å². The molecule has 0 spiro atoms. The molecule has 0 unspecified atom stereocenters. The van der Waals surface area contributed by atoms with E-state index in [4.69, 9.17) is 9.72 Å². The maximum Gasteiger partial charge on any atom is 0.130 e. The molecule has 2 aromatic rings. The van der Waals surface area contributed by atoms with Crippen LogP contribution in [0.25, 0.3) is 10.9 Å². The normalized spacial score (nSPS) is 21.0. The van der Waals surface area contributed by atoms with E-state index in [1.54, 1.807) is 0 Å². The van der Waals surface area contributed by atoms with Crippen LogP contribution < -0.4 is 10.2 Å². The molecule has 0 amide bonds. The summed E-state index contributed by atoms with van der Waals surface area (Å²) >= 11 is 0. The molecule has 0 aromatic carbocycles. The summed E-state index contributed by atoms with van der Waals surface area (Å²) in [5, 5.41) is 4.72. The number of pyridine rings is 1. The summed E-state index contributed by atoms with van der Waals surface area (Å²) in [5.74, 6) is 1.72. The highest BCUT2D eigenvalue weighted by Crippen LogP contribution is 2.32. The van der Waals surface area contributed by atoms with E-state index in [9.17, 15) is 0 Å². The number of morpholine rings is 1. The van der Waals surface area contributed by atoms with Crippen molar-refractivity contribution in [3.63, 3.8) is 0 Å². The van der Waals surface area contributed by atoms with Crippen LogP contribution >= 0.6 is 0 Å². The molecule has 5 nitrogen and oxygen atoms in total. The van der Waals surface area contributed by atoms with Gasteiger partial charge in [-0.1, -0.05) is 0 Å². The van der Waals surface area contributed by atoms with Crippen molar-refractivity contribution < 1.29 is 4.74 Å². The highest BCUT2D eigenvalue weighted by molar-refractivity contribution is 5.85. The summed E-state index contributed by atoms with van der Waals surface area (Å²) in [5.41, 5.74) is 2.65. The molecule has 2 aliphatic heterocycles. The van der Waals surface area contributed by atoms with Crippen molar-refractivity contribution in [2.24, 2.45) is 0 Å². The van der Waals surface area contributed by atoms with Gasteiger partial charge in [0.2, 0.25) is 0 Å². The first-order valence-electron chi connectivity index (χ1n) is 7.92. The Kier molecular flexibility index (Phi) is 3.53. The number of aromatic nitrogens is 2. The van der Waals surface area contributed by atoms with Crippen LogP contribution in [0.15, 0.2) is 18.5 Å². The molecule has 2 aliphatic rings. The Morgan fingerprint density at radius 3 is 2.81 bits per heavy atom. The van der Waals surface area contributed by atoms with Crippen molar-refractivity contribution >= 4 is 16.7 Å². The van der Waals surface area contributed by atoms with Crippen molar-refractivity contribution in [1.29, 1.82) is 0 Å². The summed E-state index contributed by atoms with van der Waals surface area (Å²) in [4.78, 5) is 10.4. The zero-order valence-corrected chi connectivity index (χ0v) is 12.3. The number of ether oxygens (including phenoxy) is 1. The van der Waals surface area contributed by atoms with Gasteiger partial charge in [0.15, 0.2) is 0 Å². The summed E-state index contributed by atoms with van der Waals surface area (Å²) in [6.07, 6.45) is 6.68. The van der Waals surface area contributed by atoms with E-state index in [0.29, 0.717) is 5.92 Å².